The van der Waals surface area contributed by atoms with E-state index in [4.69, 9.17) is 0 Å². The van der Waals surface area contributed by atoms with E-state index in [-0.39, 0.29) is 12.5 Å². The number of carbonyl (C=O) groups is 2. The van der Waals surface area contributed by atoms with Gasteiger partial charge in [-0.05, 0) is 6.42 Å². The second-order valence-corrected chi connectivity index (χ2v) is 2.12. The van der Waals surface area contributed by atoms with Crippen molar-refractivity contribution < 1.29 is 9.59 Å². The molecule has 1 aliphatic heterocycles. The fraction of sp³-hybridized carbons (Fsp3) is 0.500. The number of nitrogens with zero attached hydrogens (tertiary/aromatic N) is 2. The second-order valence-electron chi connectivity index (χ2n) is 2.12. The zero-order chi connectivity index (χ0) is 8.27. The SMILES string of the molecule is CC/C=N/N1CC(=O)NC1=O. The summed E-state index contributed by atoms with van der Waals surface area (Å²) in [6.45, 7) is 1.94. The van der Waals surface area contributed by atoms with Gasteiger partial charge in [0.1, 0.15) is 6.54 Å². The van der Waals surface area contributed by atoms with E-state index >= 15 is 0 Å². The molecule has 0 aromatic rings. The monoisotopic (exact) mass is 155 g/mol. The molecule has 0 bridgehead atoms. The summed E-state index contributed by atoms with van der Waals surface area (Å²) < 4.78 is 0. The number of nitrogens with one attached hydrogen (secondary N) is 1. The van der Waals surface area contributed by atoms with E-state index in [1.54, 1.807) is 6.21 Å². The summed E-state index contributed by atoms with van der Waals surface area (Å²) in [7, 11) is 0. The Hall–Kier alpha value is -1.39. The third-order valence-electron chi connectivity index (χ3n) is 1.18. The molecule has 0 saturated carbocycles. The molecule has 5 heteroatoms. The van der Waals surface area contributed by atoms with Crippen LogP contribution in [0.25, 0.3) is 0 Å². The van der Waals surface area contributed by atoms with Gasteiger partial charge in [-0.3, -0.25) is 10.1 Å². The molecule has 3 amide bonds. The minimum absolute atomic E-state index is 0.0370. The largest absolute Gasteiger partial charge is 0.344 e. The van der Waals surface area contributed by atoms with Crippen LogP contribution in [0, 0.1) is 0 Å². The van der Waals surface area contributed by atoms with Crippen LogP contribution in [0.3, 0.4) is 0 Å². The summed E-state index contributed by atoms with van der Waals surface area (Å²) in [5.74, 6) is -0.303. The molecule has 1 heterocycles. The molecular formula is C6H9N3O2. The van der Waals surface area contributed by atoms with Crippen LogP contribution < -0.4 is 5.32 Å². The van der Waals surface area contributed by atoms with E-state index < -0.39 is 6.03 Å². The minimum atomic E-state index is -0.445. The van der Waals surface area contributed by atoms with Gasteiger partial charge in [-0.25, -0.2) is 9.80 Å². The number of rotatable bonds is 2. The molecule has 0 aromatic carbocycles. The van der Waals surface area contributed by atoms with E-state index in [1.165, 1.54) is 0 Å². The van der Waals surface area contributed by atoms with E-state index in [9.17, 15) is 9.59 Å². The first kappa shape index (κ1) is 7.71. The van der Waals surface area contributed by atoms with Crippen molar-refractivity contribution in [2.24, 2.45) is 5.10 Å². The molecule has 0 aromatic heterocycles. The zero-order valence-corrected chi connectivity index (χ0v) is 6.20. The average Bonchev–Trinajstić information content (AvgIpc) is 2.26. The molecule has 1 fully saturated rings. The van der Waals surface area contributed by atoms with Gasteiger partial charge < -0.3 is 0 Å². The van der Waals surface area contributed by atoms with Crippen LogP contribution in [-0.4, -0.2) is 29.7 Å². The van der Waals surface area contributed by atoms with E-state index in [1.807, 2.05) is 6.92 Å². The molecule has 0 aliphatic carbocycles. The fourth-order valence-electron chi connectivity index (χ4n) is 0.705. The predicted molar refractivity (Wildman–Crippen MR) is 39.0 cm³/mol. The molecule has 5 nitrogen and oxygen atoms in total. The summed E-state index contributed by atoms with van der Waals surface area (Å²) in [5, 5.41) is 6.96. The van der Waals surface area contributed by atoms with Gasteiger partial charge in [-0.2, -0.15) is 5.10 Å². The molecule has 60 valence electrons. The number of hydrogen-bond acceptors (Lipinski definition) is 3. The van der Waals surface area contributed by atoms with E-state index in [0.29, 0.717) is 0 Å². The summed E-state index contributed by atoms with van der Waals surface area (Å²) in [4.78, 5) is 21.4. The summed E-state index contributed by atoms with van der Waals surface area (Å²) in [6, 6.07) is -0.445. The molecule has 1 N–H and O–H groups in total. The van der Waals surface area contributed by atoms with Gasteiger partial charge in [-0.15, -0.1) is 0 Å². The Balaban J connectivity index is 2.53. The quantitative estimate of drug-likeness (QED) is 0.448. The second kappa shape index (κ2) is 3.14. The number of hydrazone groups is 1. The minimum Gasteiger partial charge on any atom is -0.275 e. The van der Waals surface area contributed by atoms with Crippen LogP contribution in [-0.2, 0) is 4.79 Å². The van der Waals surface area contributed by atoms with Crippen molar-refractivity contribution in [3.63, 3.8) is 0 Å². The van der Waals surface area contributed by atoms with Crippen molar-refractivity contribution >= 4 is 18.2 Å². The molecule has 11 heavy (non-hydrogen) atoms. The Labute approximate surface area is 64.1 Å². The average molecular weight is 155 g/mol. The lowest BCUT2D eigenvalue weighted by molar-refractivity contribution is -0.118. The Kier molecular flexibility index (Phi) is 2.20. The molecule has 1 aliphatic rings. The number of carbonyl (C=O) groups excluding carboxylic acids is 2. The van der Waals surface area contributed by atoms with Crippen molar-refractivity contribution in [3.8, 4) is 0 Å². The van der Waals surface area contributed by atoms with E-state index in [2.05, 4.69) is 10.4 Å². The number of urea groups is 1. The zero-order valence-electron chi connectivity index (χ0n) is 6.20. The van der Waals surface area contributed by atoms with Crippen LogP contribution >= 0.6 is 0 Å². The van der Waals surface area contributed by atoms with Gasteiger partial charge in [0.25, 0.3) is 0 Å². The normalized spacial score (nSPS) is 18.1. The summed E-state index contributed by atoms with van der Waals surface area (Å²) in [5.41, 5.74) is 0. The van der Waals surface area contributed by atoms with Crippen molar-refractivity contribution in [1.29, 1.82) is 0 Å². The van der Waals surface area contributed by atoms with Crippen molar-refractivity contribution in [3.05, 3.63) is 0 Å². The highest BCUT2D eigenvalue weighted by molar-refractivity contribution is 6.01. The van der Waals surface area contributed by atoms with Gasteiger partial charge in [0.2, 0.25) is 5.91 Å². The Morgan fingerprint density at radius 3 is 2.91 bits per heavy atom. The highest BCUT2D eigenvalue weighted by atomic mass is 16.2. The van der Waals surface area contributed by atoms with Gasteiger partial charge in [0.15, 0.2) is 0 Å². The third-order valence-corrected chi connectivity index (χ3v) is 1.18. The van der Waals surface area contributed by atoms with Crippen LogP contribution in [0.15, 0.2) is 5.10 Å². The molecule has 0 atom stereocenters. The maximum Gasteiger partial charge on any atom is 0.344 e. The first-order valence-electron chi connectivity index (χ1n) is 3.38. The lowest BCUT2D eigenvalue weighted by Crippen LogP contribution is -2.23. The smallest absolute Gasteiger partial charge is 0.275 e. The lowest BCUT2D eigenvalue weighted by atomic mass is 10.5. The van der Waals surface area contributed by atoms with Crippen molar-refractivity contribution in [1.82, 2.24) is 10.3 Å². The van der Waals surface area contributed by atoms with Crippen LogP contribution in [0.5, 0.6) is 0 Å². The topological polar surface area (TPSA) is 61.8 Å². The fourth-order valence-corrected chi connectivity index (χ4v) is 0.705. The molecule has 1 rings (SSSR count). The number of amides is 3. The predicted octanol–water partition coefficient (Wildman–Crippen LogP) is -0.0660. The number of imide groups is 1. The summed E-state index contributed by atoms with van der Waals surface area (Å²) in [6.07, 6.45) is 2.33. The highest BCUT2D eigenvalue weighted by Crippen LogP contribution is 1.97. The van der Waals surface area contributed by atoms with Crippen molar-refractivity contribution in [2.45, 2.75) is 13.3 Å². The van der Waals surface area contributed by atoms with Gasteiger partial charge in [-0.1, -0.05) is 6.92 Å². The third kappa shape index (κ3) is 1.76. The molecule has 0 radical (unpaired) electrons. The molecule has 1 saturated heterocycles. The number of hydrogen-bond donors (Lipinski definition) is 1. The van der Waals surface area contributed by atoms with Crippen LogP contribution in [0.2, 0.25) is 0 Å². The first-order valence-corrected chi connectivity index (χ1v) is 3.38. The lowest BCUT2D eigenvalue weighted by Gasteiger charge is -2.02. The van der Waals surface area contributed by atoms with Gasteiger partial charge in [0, 0.05) is 6.21 Å². The Bertz CT molecular complexity index is 212. The highest BCUT2D eigenvalue weighted by Gasteiger charge is 2.25. The maximum absolute atomic E-state index is 10.8. The van der Waals surface area contributed by atoms with Gasteiger partial charge in [0.05, 0.1) is 0 Å². The Morgan fingerprint density at radius 1 is 1.73 bits per heavy atom. The standard InChI is InChI=1S/C6H9N3O2/c1-2-3-7-9-4-5(10)8-6(9)11/h3H,2,4H2,1H3,(H,8,10,11)/b7-3+. The molecule has 0 unspecified atom stereocenters. The molecular weight excluding hydrogens is 146 g/mol. The molecule has 0 spiro atoms. The maximum atomic E-state index is 10.8. The van der Waals surface area contributed by atoms with Crippen molar-refractivity contribution in [2.75, 3.05) is 6.54 Å². The van der Waals surface area contributed by atoms with E-state index in [0.717, 1.165) is 11.4 Å². The first-order chi connectivity index (χ1) is 5.24. The Morgan fingerprint density at radius 2 is 2.45 bits per heavy atom. The van der Waals surface area contributed by atoms with Crippen LogP contribution in [0.1, 0.15) is 13.3 Å². The van der Waals surface area contributed by atoms with Gasteiger partial charge >= 0.3 is 6.03 Å². The summed E-state index contributed by atoms with van der Waals surface area (Å²) >= 11 is 0. The van der Waals surface area contributed by atoms with Crippen LogP contribution in [0.4, 0.5) is 4.79 Å².